The first-order valence-electron chi connectivity index (χ1n) is 0.894. The standard InChI is InChI=1S/Hf.H3N.H4O4Si.H2O.H4Si/c;;1-5(2,3)4;;/h;1H3;1-4H;1H2;1H4. The van der Waals surface area contributed by atoms with Crippen molar-refractivity contribution >= 4 is 20.0 Å². The van der Waals surface area contributed by atoms with Gasteiger partial charge in [-0.25, -0.2) is 0 Å². The van der Waals surface area contributed by atoms with Crippen molar-refractivity contribution in [3.63, 3.8) is 0 Å². The van der Waals surface area contributed by atoms with Gasteiger partial charge in [0, 0.05) is 25.8 Å². The van der Waals surface area contributed by atoms with Crippen molar-refractivity contribution < 1.29 is 50.5 Å². The van der Waals surface area contributed by atoms with Crippen molar-refractivity contribution in [2.24, 2.45) is 0 Å². The van der Waals surface area contributed by atoms with E-state index in [1.54, 1.807) is 0 Å². The van der Waals surface area contributed by atoms with Crippen LogP contribution in [0.25, 0.3) is 0 Å². The fourth-order valence-corrected chi connectivity index (χ4v) is 0. The number of hydrogen-bond donors (Lipinski definition) is 5. The normalized spacial score (nSPS) is 6.67. The molecule has 0 aliphatic heterocycles. The first kappa shape index (κ1) is 32.2. The van der Waals surface area contributed by atoms with E-state index in [1.165, 1.54) is 0 Å². The fourth-order valence-electron chi connectivity index (χ4n) is 0. The van der Waals surface area contributed by atoms with E-state index in [2.05, 4.69) is 0 Å². The topological polar surface area (TPSA) is 147 Å². The molecule has 0 saturated heterocycles. The van der Waals surface area contributed by atoms with Crippen molar-refractivity contribution in [3.8, 4) is 0 Å². The van der Waals surface area contributed by atoms with Gasteiger partial charge in [0.2, 0.25) is 0 Å². The zero-order valence-electron chi connectivity index (χ0n) is 4.00. The van der Waals surface area contributed by atoms with Gasteiger partial charge >= 0.3 is 9.05 Å². The summed E-state index contributed by atoms with van der Waals surface area (Å²) in [6.45, 7) is 0. The van der Waals surface area contributed by atoms with Crippen LogP contribution < -0.4 is 6.15 Å². The number of hydrogen-bond acceptors (Lipinski definition) is 5. The number of rotatable bonds is 0. The summed E-state index contributed by atoms with van der Waals surface area (Å²) in [5.41, 5.74) is 0. The maximum Gasteiger partial charge on any atom is 0.668 e. The Kier molecular flexibility index (Phi) is 42.3. The third-order valence-corrected chi connectivity index (χ3v) is 0. The Hall–Kier alpha value is 1.06. The van der Waals surface area contributed by atoms with Gasteiger partial charge in [-0.15, -0.1) is 0 Å². The monoisotopic (exact) mass is 343 g/mol. The van der Waals surface area contributed by atoms with Gasteiger partial charge in [0.1, 0.15) is 0 Å². The third-order valence-electron chi connectivity index (χ3n) is 0. The van der Waals surface area contributed by atoms with Gasteiger partial charge in [-0.2, -0.15) is 0 Å². The van der Waals surface area contributed by atoms with Crippen LogP contribution >= 0.6 is 0 Å². The summed E-state index contributed by atoms with van der Waals surface area (Å²) in [5, 5.41) is 0. The minimum Gasteiger partial charge on any atom is -0.412 e. The van der Waals surface area contributed by atoms with Crippen molar-refractivity contribution in [1.29, 1.82) is 0 Å². The minimum absolute atomic E-state index is 0. The van der Waals surface area contributed by atoms with E-state index < -0.39 is 9.05 Å². The molecule has 9 heteroatoms. The Morgan fingerprint density at radius 1 is 0.889 bits per heavy atom. The summed E-state index contributed by atoms with van der Waals surface area (Å²) in [4.78, 5) is 29.3. The largest absolute Gasteiger partial charge is 0.668 e. The van der Waals surface area contributed by atoms with Crippen molar-refractivity contribution in [1.82, 2.24) is 6.15 Å². The summed E-state index contributed by atoms with van der Waals surface area (Å²) in [6, 6.07) is 0. The van der Waals surface area contributed by atoms with Crippen LogP contribution in [0, 0.1) is 0 Å². The van der Waals surface area contributed by atoms with Crippen LogP contribution in [-0.4, -0.2) is 44.7 Å². The molecule has 9 N–H and O–H groups in total. The summed E-state index contributed by atoms with van der Waals surface area (Å²) in [7, 11) is -4.61. The Balaban J connectivity index is -0.0000000133. The van der Waals surface area contributed by atoms with Crippen LogP contribution in [0.15, 0.2) is 0 Å². The van der Waals surface area contributed by atoms with Gasteiger partial charge in [-0.1, -0.05) is 0 Å². The van der Waals surface area contributed by atoms with Crippen molar-refractivity contribution in [2.45, 2.75) is 0 Å². The molecule has 0 aliphatic rings. The molecule has 0 aromatic carbocycles. The third kappa shape index (κ3) is 400. The predicted octanol–water partition coefficient (Wildman–Crippen LogP) is -4.73. The molecule has 0 radical (unpaired) electrons. The van der Waals surface area contributed by atoms with Crippen LogP contribution in [-0.2, 0) is 25.8 Å². The van der Waals surface area contributed by atoms with Gasteiger partial charge in [0.05, 0.1) is 0 Å². The van der Waals surface area contributed by atoms with E-state index in [0.29, 0.717) is 0 Å². The molecule has 0 saturated carbocycles. The van der Waals surface area contributed by atoms with Crippen LogP contribution in [0.5, 0.6) is 0 Å². The quantitative estimate of drug-likeness (QED) is 0.281. The van der Waals surface area contributed by atoms with E-state index in [9.17, 15) is 0 Å². The maximum absolute atomic E-state index is 7.33. The summed E-state index contributed by atoms with van der Waals surface area (Å²) in [5.74, 6) is 0. The molecule has 0 spiro atoms. The molecule has 0 aromatic rings. The SMILES string of the molecule is N.O.O[Si](O)(O)O.[Hf].[SiH4]. The van der Waals surface area contributed by atoms with E-state index in [-0.39, 0.29) is 48.4 Å². The molecular weight excluding hydrogens is 329 g/mol. The second-order valence-electron chi connectivity index (χ2n) is 0.600. The second kappa shape index (κ2) is 11.8. The van der Waals surface area contributed by atoms with Gasteiger partial charge in [-0.05, 0) is 11.0 Å². The maximum atomic E-state index is 7.33. The molecular formula is H13HfNO5Si2. The van der Waals surface area contributed by atoms with Gasteiger partial charge in [0.15, 0.2) is 0 Å². The van der Waals surface area contributed by atoms with Gasteiger partial charge in [0.25, 0.3) is 0 Å². The zero-order chi connectivity index (χ0) is 4.50. The zero-order valence-corrected chi connectivity index (χ0v) is 8.59. The van der Waals surface area contributed by atoms with E-state index >= 15 is 0 Å². The Bertz CT molecular complexity index is 30.4. The first-order valence-corrected chi connectivity index (χ1v) is 2.68. The van der Waals surface area contributed by atoms with Crippen LogP contribution in [0.2, 0.25) is 0 Å². The molecule has 0 aromatic heterocycles. The van der Waals surface area contributed by atoms with Gasteiger partial charge in [-0.3, -0.25) is 0 Å². The summed E-state index contributed by atoms with van der Waals surface area (Å²) >= 11 is 0. The Morgan fingerprint density at radius 2 is 0.889 bits per heavy atom. The smallest absolute Gasteiger partial charge is 0.412 e. The second-order valence-corrected chi connectivity index (χ2v) is 1.80. The Labute approximate surface area is 76.7 Å². The van der Waals surface area contributed by atoms with Crippen LogP contribution in [0.1, 0.15) is 0 Å². The molecule has 0 bridgehead atoms. The molecule has 9 heavy (non-hydrogen) atoms. The van der Waals surface area contributed by atoms with Gasteiger partial charge < -0.3 is 30.8 Å². The molecule has 0 unspecified atom stereocenters. The minimum atomic E-state index is -4.61. The molecule has 0 amide bonds. The molecule has 60 valence electrons. The molecule has 0 atom stereocenters. The van der Waals surface area contributed by atoms with E-state index in [0.717, 1.165) is 0 Å². The molecule has 0 aliphatic carbocycles. The first-order chi connectivity index (χ1) is 2.00. The van der Waals surface area contributed by atoms with Crippen molar-refractivity contribution in [2.75, 3.05) is 0 Å². The average Bonchev–Trinajstić information content (AvgIpc) is 0.722. The van der Waals surface area contributed by atoms with Crippen LogP contribution in [0.3, 0.4) is 0 Å². The average molecular weight is 342 g/mol. The molecule has 0 fully saturated rings. The molecule has 0 heterocycles. The predicted molar refractivity (Wildman–Crippen MR) is 34.6 cm³/mol. The fraction of sp³-hybridized carbons (Fsp3) is 0. The summed E-state index contributed by atoms with van der Waals surface area (Å²) in [6.07, 6.45) is 0. The molecule has 6 nitrogen and oxygen atoms in total. The van der Waals surface area contributed by atoms with Crippen molar-refractivity contribution in [3.05, 3.63) is 0 Å². The van der Waals surface area contributed by atoms with E-state index in [1.807, 2.05) is 0 Å². The van der Waals surface area contributed by atoms with E-state index in [4.69, 9.17) is 19.2 Å². The summed E-state index contributed by atoms with van der Waals surface area (Å²) < 4.78 is 0. The van der Waals surface area contributed by atoms with Crippen LogP contribution in [0.4, 0.5) is 0 Å². The molecule has 0 rings (SSSR count). The Morgan fingerprint density at radius 3 is 0.889 bits per heavy atom.